The van der Waals surface area contributed by atoms with Crippen molar-refractivity contribution in [1.29, 1.82) is 5.26 Å². The van der Waals surface area contributed by atoms with Gasteiger partial charge in [-0.1, -0.05) is 31.2 Å². The van der Waals surface area contributed by atoms with Crippen molar-refractivity contribution in [1.82, 2.24) is 10.3 Å². The molecule has 7 nitrogen and oxygen atoms in total. The number of carbonyl (C=O) groups excluding carboxylic acids is 1. The van der Waals surface area contributed by atoms with Crippen LogP contribution in [0.3, 0.4) is 0 Å². The van der Waals surface area contributed by atoms with Gasteiger partial charge < -0.3 is 15.7 Å². The fourth-order valence-electron chi connectivity index (χ4n) is 2.50. The van der Waals surface area contributed by atoms with E-state index in [1.807, 2.05) is 18.2 Å². The van der Waals surface area contributed by atoms with Crippen LogP contribution in [0, 0.1) is 17.2 Å². The van der Waals surface area contributed by atoms with Crippen molar-refractivity contribution >= 4 is 23.8 Å². The quantitative estimate of drug-likeness (QED) is 0.464. The highest BCUT2D eigenvalue weighted by atomic mass is 16.4. The van der Waals surface area contributed by atoms with Crippen molar-refractivity contribution in [3.05, 3.63) is 66.5 Å². The number of carboxylic acid groups (broad SMARTS) is 1. The second kappa shape index (κ2) is 10.4. The van der Waals surface area contributed by atoms with E-state index in [9.17, 15) is 14.9 Å². The summed E-state index contributed by atoms with van der Waals surface area (Å²) in [5.74, 6) is -0.591. The van der Waals surface area contributed by atoms with E-state index in [0.29, 0.717) is 24.2 Å². The van der Waals surface area contributed by atoms with E-state index in [0.717, 1.165) is 16.7 Å². The summed E-state index contributed by atoms with van der Waals surface area (Å²) in [5.41, 5.74) is 3.31. The average Bonchev–Trinajstić information content (AvgIpc) is 2.72. The Balaban J connectivity index is 2.28. The zero-order chi connectivity index (χ0) is 21.2. The van der Waals surface area contributed by atoms with Crippen molar-refractivity contribution in [2.75, 3.05) is 11.9 Å². The van der Waals surface area contributed by atoms with Crippen LogP contribution in [-0.2, 0) is 4.79 Å². The minimum Gasteiger partial charge on any atom is -0.465 e. The molecule has 1 aromatic heterocycles. The number of nitrogens with one attached hydrogen (secondary N) is 2. The number of rotatable bonds is 8. The molecule has 0 aliphatic carbocycles. The Kier molecular flexibility index (Phi) is 7.68. The van der Waals surface area contributed by atoms with Crippen LogP contribution in [0.1, 0.15) is 24.5 Å². The van der Waals surface area contributed by atoms with E-state index in [4.69, 9.17) is 5.11 Å². The Morgan fingerprint density at radius 3 is 2.83 bits per heavy atom. The largest absolute Gasteiger partial charge is 0.465 e. The van der Waals surface area contributed by atoms with Crippen LogP contribution in [-0.4, -0.2) is 28.6 Å². The maximum Gasteiger partial charge on any atom is 0.404 e. The Morgan fingerprint density at radius 1 is 1.34 bits per heavy atom. The number of aromatic nitrogens is 1. The molecule has 3 N–H and O–H groups in total. The Hall–Kier alpha value is -3.92. The zero-order valence-electron chi connectivity index (χ0n) is 16.1. The molecule has 0 saturated carbocycles. The van der Waals surface area contributed by atoms with Gasteiger partial charge in [0.1, 0.15) is 0 Å². The molecule has 0 aliphatic rings. The molecule has 7 heteroatoms. The number of benzene rings is 1. The number of anilines is 1. The number of nitrogens with zero attached hydrogens (tertiary/aromatic N) is 2. The molecular weight excluding hydrogens is 368 g/mol. The maximum absolute atomic E-state index is 12.3. The summed E-state index contributed by atoms with van der Waals surface area (Å²) in [6.45, 7) is 5.70. The van der Waals surface area contributed by atoms with Gasteiger partial charge in [0, 0.05) is 35.8 Å². The summed E-state index contributed by atoms with van der Waals surface area (Å²) in [6, 6.07) is 9.06. The average molecular weight is 390 g/mol. The van der Waals surface area contributed by atoms with E-state index >= 15 is 0 Å². The van der Waals surface area contributed by atoms with E-state index in [-0.39, 0.29) is 11.8 Å². The summed E-state index contributed by atoms with van der Waals surface area (Å²) in [5, 5.41) is 22.9. The molecule has 2 amide bonds. The van der Waals surface area contributed by atoms with Crippen molar-refractivity contribution in [2.24, 2.45) is 5.92 Å². The number of pyridine rings is 1. The smallest absolute Gasteiger partial charge is 0.404 e. The Labute approximate surface area is 169 Å². The van der Waals surface area contributed by atoms with E-state index in [1.54, 1.807) is 43.6 Å². The van der Waals surface area contributed by atoms with Gasteiger partial charge in [-0.05, 0) is 30.2 Å². The first kappa shape index (κ1) is 21.4. The fraction of sp³-hybridized carbons (Fsp3) is 0.182. The summed E-state index contributed by atoms with van der Waals surface area (Å²) in [4.78, 5) is 27.0. The normalized spacial score (nSPS) is 11.4. The third-order valence-electron chi connectivity index (χ3n) is 4.14. The molecule has 0 aliphatic heterocycles. The van der Waals surface area contributed by atoms with Crippen LogP contribution in [0.15, 0.2) is 55.4 Å². The van der Waals surface area contributed by atoms with Crippen molar-refractivity contribution in [2.45, 2.75) is 13.3 Å². The van der Waals surface area contributed by atoms with Gasteiger partial charge in [0.25, 0.3) is 0 Å². The number of nitriles is 1. The molecule has 2 rings (SSSR count). The first-order valence-corrected chi connectivity index (χ1v) is 9.01. The van der Waals surface area contributed by atoms with Crippen LogP contribution in [0.5, 0.6) is 0 Å². The SMILES string of the molecule is C=C[C@@H](C)C(=O)Nc1cc(C#N)ccc1-c1cncc(C=CCCNC(=O)O)c1. The molecule has 0 fully saturated rings. The first-order chi connectivity index (χ1) is 13.9. The second-order valence-corrected chi connectivity index (χ2v) is 6.32. The molecule has 29 heavy (non-hydrogen) atoms. The minimum absolute atomic E-state index is 0.216. The zero-order valence-corrected chi connectivity index (χ0v) is 16.1. The summed E-state index contributed by atoms with van der Waals surface area (Å²) >= 11 is 0. The maximum atomic E-state index is 12.3. The molecule has 0 radical (unpaired) electrons. The van der Waals surface area contributed by atoms with E-state index < -0.39 is 6.09 Å². The molecule has 0 unspecified atom stereocenters. The highest BCUT2D eigenvalue weighted by Gasteiger charge is 2.14. The lowest BCUT2D eigenvalue weighted by atomic mass is 10.0. The Morgan fingerprint density at radius 2 is 2.14 bits per heavy atom. The minimum atomic E-state index is -1.05. The predicted molar refractivity (Wildman–Crippen MR) is 112 cm³/mol. The van der Waals surface area contributed by atoms with Gasteiger partial charge in [0.05, 0.1) is 17.6 Å². The topological polar surface area (TPSA) is 115 Å². The third-order valence-corrected chi connectivity index (χ3v) is 4.14. The number of hydrogen-bond donors (Lipinski definition) is 3. The van der Waals surface area contributed by atoms with Gasteiger partial charge >= 0.3 is 6.09 Å². The second-order valence-electron chi connectivity index (χ2n) is 6.32. The van der Waals surface area contributed by atoms with Crippen molar-refractivity contribution in [3.63, 3.8) is 0 Å². The predicted octanol–water partition coefficient (Wildman–Crippen LogP) is 4.05. The van der Waals surface area contributed by atoms with Crippen LogP contribution >= 0.6 is 0 Å². The van der Waals surface area contributed by atoms with Gasteiger partial charge in [-0.15, -0.1) is 6.58 Å². The lowest BCUT2D eigenvalue weighted by Gasteiger charge is -2.14. The lowest BCUT2D eigenvalue weighted by molar-refractivity contribution is -0.118. The monoisotopic (exact) mass is 390 g/mol. The van der Waals surface area contributed by atoms with Gasteiger partial charge in [-0.2, -0.15) is 5.26 Å². The standard InChI is InChI=1S/C22H22N4O3/c1-3-15(2)21(27)26-20-11-16(12-23)7-8-19(20)18-10-17(13-24-14-18)6-4-5-9-25-22(28)29/h3-4,6-8,10-11,13-15,25H,1,5,9H2,2H3,(H,26,27)(H,28,29)/t15-/m1/s1. The van der Waals surface area contributed by atoms with Gasteiger partial charge in [-0.25, -0.2) is 4.79 Å². The van der Waals surface area contributed by atoms with Gasteiger partial charge in [0.15, 0.2) is 0 Å². The number of amides is 2. The fourth-order valence-corrected chi connectivity index (χ4v) is 2.50. The van der Waals surface area contributed by atoms with Gasteiger partial charge in [0.2, 0.25) is 5.91 Å². The van der Waals surface area contributed by atoms with Crippen molar-refractivity contribution in [3.8, 4) is 17.2 Å². The lowest BCUT2D eigenvalue weighted by Crippen LogP contribution is -2.21. The molecule has 1 atom stereocenters. The number of hydrogen-bond acceptors (Lipinski definition) is 4. The highest BCUT2D eigenvalue weighted by Crippen LogP contribution is 2.30. The molecule has 0 bridgehead atoms. The third kappa shape index (κ3) is 6.33. The van der Waals surface area contributed by atoms with E-state index in [1.165, 1.54) is 0 Å². The summed E-state index contributed by atoms with van der Waals surface area (Å²) < 4.78 is 0. The van der Waals surface area contributed by atoms with Crippen LogP contribution in [0.2, 0.25) is 0 Å². The molecule has 1 aromatic carbocycles. The molecule has 1 heterocycles. The Bertz CT molecular complexity index is 976. The summed E-state index contributed by atoms with van der Waals surface area (Å²) in [6.07, 6.45) is 8.11. The van der Waals surface area contributed by atoms with Gasteiger partial charge in [-0.3, -0.25) is 9.78 Å². The van der Waals surface area contributed by atoms with Crippen LogP contribution in [0.4, 0.5) is 10.5 Å². The molecule has 0 spiro atoms. The first-order valence-electron chi connectivity index (χ1n) is 9.01. The van der Waals surface area contributed by atoms with Crippen molar-refractivity contribution < 1.29 is 14.7 Å². The molecular formula is C22H22N4O3. The molecule has 148 valence electrons. The van der Waals surface area contributed by atoms with Crippen LogP contribution < -0.4 is 10.6 Å². The molecule has 2 aromatic rings. The molecule has 0 saturated heterocycles. The number of carbonyl (C=O) groups is 2. The van der Waals surface area contributed by atoms with Crippen LogP contribution in [0.25, 0.3) is 17.2 Å². The van der Waals surface area contributed by atoms with E-state index in [2.05, 4.69) is 28.3 Å². The highest BCUT2D eigenvalue weighted by molar-refractivity contribution is 5.97. The summed E-state index contributed by atoms with van der Waals surface area (Å²) in [7, 11) is 0.